The highest BCUT2D eigenvalue weighted by atomic mass is 15.5. The summed E-state index contributed by atoms with van der Waals surface area (Å²) < 4.78 is 0. The maximum absolute atomic E-state index is 4.94. The largest absolute Gasteiger partial charge is 0.262 e. The summed E-state index contributed by atoms with van der Waals surface area (Å²) in [6.07, 6.45) is 13.9. The van der Waals surface area contributed by atoms with Crippen molar-refractivity contribution in [3.63, 3.8) is 0 Å². The van der Waals surface area contributed by atoms with Crippen LogP contribution in [0.3, 0.4) is 0 Å². The molecule has 2 aliphatic rings. The molecule has 1 heterocycles. The molecule has 0 aromatic heterocycles. The molecule has 0 saturated heterocycles. The zero-order chi connectivity index (χ0) is 15.2. The second-order valence-corrected chi connectivity index (χ2v) is 7.00. The fourth-order valence-electron chi connectivity index (χ4n) is 4.10. The highest BCUT2D eigenvalue weighted by Crippen LogP contribution is 2.34. The Kier molecular flexibility index (Phi) is 5.53. The second kappa shape index (κ2) is 7.80. The highest BCUT2D eigenvalue weighted by Gasteiger charge is 2.34. The zero-order valence-corrected chi connectivity index (χ0v) is 14.0. The number of nitrogens with zero attached hydrogens (tertiary/aromatic N) is 2. The lowest BCUT2D eigenvalue weighted by Crippen LogP contribution is -2.33. The molecule has 1 fully saturated rings. The normalized spacial score (nSPS) is 27.5. The number of hydrazone groups is 1. The molecule has 0 unspecified atom stereocenters. The third-order valence-corrected chi connectivity index (χ3v) is 5.37. The van der Waals surface area contributed by atoms with Gasteiger partial charge in [-0.1, -0.05) is 69.6 Å². The van der Waals surface area contributed by atoms with Gasteiger partial charge >= 0.3 is 0 Å². The number of benzene rings is 1. The van der Waals surface area contributed by atoms with E-state index in [4.69, 9.17) is 5.10 Å². The topological polar surface area (TPSA) is 15.6 Å². The fourth-order valence-corrected chi connectivity index (χ4v) is 4.10. The minimum atomic E-state index is 0.585. The van der Waals surface area contributed by atoms with Gasteiger partial charge < -0.3 is 0 Å². The van der Waals surface area contributed by atoms with E-state index in [0.717, 1.165) is 0 Å². The molecule has 0 N–H and O–H groups in total. The average molecular weight is 298 g/mol. The van der Waals surface area contributed by atoms with Crippen LogP contribution in [0.5, 0.6) is 0 Å². The van der Waals surface area contributed by atoms with Crippen molar-refractivity contribution in [3.05, 3.63) is 30.3 Å². The summed E-state index contributed by atoms with van der Waals surface area (Å²) in [6, 6.07) is 11.3. The molecule has 0 spiro atoms. The Morgan fingerprint density at radius 2 is 1.41 bits per heavy atom. The van der Waals surface area contributed by atoms with E-state index >= 15 is 0 Å². The summed E-state index contributed by atoms with van der Waals surface area (Å²) in [6.45, 7) is 2.24. The van der Waals surface area contributed by atoms with Crippen LogP contribution in [0.2, 0.25) is 0 Å². The third-order valence-electron chi connectivity index (χ3n) is 5.37. The number of fused-ring (bicyclic) bond motifs is 1. The van der Waals surface area contributed by atoms with Gasteiger partial charge in [-0.25, -0.2) is 0 Å². The summed E-state index contributed by atoms with van der Waals surface area (Å²) >= 11 is 0. The number of anilines is 1. The predicted octanol–water partition coefficient (Wildman–Crippen LogP) is 5.78. The van der Waals surface area contributed by atoms with Gasteiger partial charge in [0.25, 0.3) is 0 Å². The molecule has 1 aromatic carbocycles. The number of hydrogen-bond donors (Lipinski definition) is 0. The lowest BCUT2D eigenvalue weighted by atomic mass is 9.86. The first-order valence-electron chi connectivity index (χ1n) is 9.25. The Morgan fingerprint density at radius 1 is 0.818 bits per heavy atom. The molecule has 2 heteroatoms. The van der Waals surface area contributed by atoms with E-state index < -0.39 is 0 Å². The van der Waals surface area contributed by atoms with Gasteiger partial charge in [0.2, 0.25) is 0 Å². The average Bonchev–Trinajstić information content (AvgIpc) is 2.84. The molecule has 3 rings (SSSR count). The maximum Gasteiger partial charge on any atom is 0.0607 e. The van der Waals surface area contributed by atoms with Crippen molar-refractivity contribution in [3.8, 4) is 0 Å². The summed E-state index contributed by atoms with van der Waals surface area (Å²) in [5.41, 5.74) is 2.62. The molecule has 1 aliphatic carbocycles. The third kappa shape index (κ3) is 3.71. The van der Waals surface area contributed by atoms with Gasteiger partial charge in [0.1, 0.15) is 0 Å². The molecule has 22 heavy (non-hydrogen) atoms. The Bertz CT molecular complexity index is 480. The Morgan fingerprint density at radius 3 is 2.09 bits per heavy atom. The Balaban J connectivity index is 1.75. The van der Waals surface area contributed by atoms with E-state index in [1.165, 1.54) is 75.6 Å². The van der Waals surface area contributed by atoms with Gasteiger partial charge in [0, 0.05) is 11.6 Å². The lowest BCUT2D eigenvalue weighted by molar-refractivity contribution is 0.418. The van der Waals surface area contributed by atoms with Gasteiger partial charge in [-0.15, -0.1) is 0 Å². The van der Waals surface area contributed by atoms with Gasteiger partial charge in [-0.05, 0) is 31.9 Å². The molecule has 0 bridgehead atoms. The van der Waals surface area contributed by atoms with Crippen LogP contribution in [-0.4, -0.2) is 11.8 Å². The molecule has 1 aromatic rings. The molecule has 0 radical (unpaired) electrons. The lowest BCUT2D eigenvalue weighted by Gasteiger charge is -2.28. The van der Waals surface area contributed by atoms with Crippen LogP contribution in [0, 0.1) is 5.92 Å². The fraction of sp³-hybridized carbons (Fsp3) is 0.650. The summed E-state index contributed by atoms with van der Waals surface area (Å²) in [5.74, 6) is 0.666. The second-order valence-electron chi connectivity index (χ2n) is 7.00. The van der Waals surface area contributed by atoms with Crippen molar-refractivity contribution in [1.29, 1.82) is 0 Å². The van der Waals surface area contributed by atoms with Crippen LogP contribution in [0.15, 0.2) is 35.4 Å². The Hall–Kier alpha value is -1.31. The van der Waals surface area contributed by atoms with Crippen molar-refractivity contribution < 1.29 is 0 Å². The minimum absolute atomic E-state index is 0.585. The maximum atomic E-state index is 4.94. The van der Waals surface area contributed by atoms with E-state index in [0.29, 0.717) is 12.0 Å². The van der Waals surface area contributed by atoms with Gasteiger partial charge in [-0.3, -0.25) is 5.01 Å². The summed E-state index contributed by atoms with van der Waals surface area (Å²) in [4.78, 5) is 0. The summed E-state index contributed by atoms with van der Waals surface area (Å²) in [7, 11) is 0. The molecule has 120 valence electrons. The van der Waals surface area contributed by atoms with Crippen molar-refractivity contribution >= 4 is 11.4 Å². The van der Waals surface area contributed by atoms with Crippen LogP contribution < -0.4 is 5.01 Å². The van der Waals surface area contributed by atoms with Gasteiger partial charge in [0.15, 0.2) is 0 Å². The molecule has 0 amide bonds. The predicted molar refractivity (Wildman–Crippen MR) is 95.5 cm³/mol. The number of hydrogen-bond acceptors (Lipinski definition) is 2. The molecule has 1 aliphatic heterocycles. The van der Waals surface area contributed by atoms with Crippen molar-refractivity contribution in [2.75, 3.05) is 5.01 Å². The van der Waals surface area contributed by atoms with E-state index in [2.05, 4.69) is 42.3 Å². The SMILES string of the molecule is CC1=NN(c2ccccc2)[C@H]2CCCCCCCCCC[C@@H]12. The smallest absolute Gasteiger partial charge is 0.0607 e. The minimum Gasteiger partial charge on any atom is -0.262 e. The molecule has 2 nitrogen and oxygen atoms in total. The number of rotatable bonds is 1. The van der Waals surface area contributed by atoms with Crippen LogP contribution in [0.1, 0.15) is 71.1 Å². The first kappa shape index (κ1) is 15.6. The van der Waals surface area contributed by atoms with Gasteiger partial charge in [0.05, 0.1) is 11.7 Å². The first-order valence-corrected chi connectivity index (χ1v) is 9.25. The van der Waals surface area contributed by atoms with Crippen molar-refractivity contribution in [2.24, 2.45) is 11.0 Å². The van der Waals surface area contributed by atoms with Crippen LogP contribution in [-0.2, 0) is 0 Å². The zero-order valence-electron chi connectivity index (χ0n) is 14.0. The highest BCUT2D eigenvalue weighted by molar-refractivity contribution is 5.88. The van der Waals surface area contributed by atoms with Gasteiger partial charge in [-0.2, -0.15) is 5.10 Å². The summed E-state index contributed by atoms with van der Waals surface area (Å²) in [5, 5.41) is 7.27. The number of para-hydroxylation sites is 1. The van der Waals surface area contributed by atoms with E-state index in [1.807, 2.05) is 0 Å². The Labute approximate surface area is 135 Å². The van der Waals surface area contributed by atoms with E-state index in [1.54, 1.807) is 0 Å². The van der Waals surface area contributed by atoms with Crippen LogP contribution in [0.25, 0.3) is 0 Å². The monoisotopic (exact) mass is 298 g/mol. The van der Waals surface area contributed by atoms with Crippen molar-refractivity contribution in [1.82, 2.24) is 0 Å². The first-order chi connectivity index (χ1) is 10.9. The van der Waals surface area contributed by atoms with Crippen LogP contribution in [0.4, 0.5) is 5.69 Å². The molecule has 2 atom stereocenters. The van der Waals surface area contributed by atoms with Crippen molar-refractivity contribution in [2.45, 2.75) is 77.2 Å². The quantitative estimate of drug-likeness (QED) is 0.641. The van der Waals surface area contributed by atoms with Crippen LogP contribution >= 0.6 is 0 Å². The van der Waals surface area contributed by atoms with E-state index in [-0.39, 0.29) is 0 Å². The van der Waals surface area contributed by atoms with E-state index in [9.17, 15) is 0 Å². The standard InChI is InChI=1S/C20H30N2/c1-17-19-15-11-6-4-2-3-5-7-12-16-20(19)22(21-17)18-13-9-8-10-14-18/h8-10,13-14,19-20H,2-7,11-12,15-16H2,1H3/t19-,20-/m0/s1. The molecular weight excluding hydrogens is 268 g/mol. The molecular formula is C20H30N2. The molecule has 1 saturated carbocycles.